The smallest absolute Gasteiger partial charge is 0.265 e. The molecule has 0 spiro atoms. The van der Waals surface area contributed by atoms with Gasteiger partial charge < -0.3 is 0 Å². The molecule has 3 aromatic rings. The van der Waals surface area contributed by atoms with E-state index in [-0.39, 0.29) is 0 Å². The van der Waals surface area contributed by atoms with Crippen LogP contribution in [0.3, 0.4) is 0 Å². The van der Waals surface area contributed by atoms with Crippen LogP contribution in [-0.2, 0) is 16.4 Å². The zero-order chi connectivity index (χ0) is 16.7. The first kappa shape index (κ1) is 15.8. The number of hydrogen-bond acceptors (Lipinski definition) is 4. The van der Waals surface area contributed by atoms with E-state index >= 15 is 0 Å². The van der Waals surface area contributed by atoms with Gasteiger partial charge in [0.1, 0.15) is 4.21 Å². The van der Waals surface area contributed by atoms with Gasteiger partial charge in [-0.25, -0.2) is 8.42 Å². The summed E-state index contributed by atoms with van der Waals surface area (Å²) in [5, 5.41) is 0. The van der Waals surface area contributed by atoms with Gasteiger partial charge in [-0.15, -0.1) is 11.3 Å². The Labute approximate surface area is 153 Å². The molecule has 7 heteroatoms. The maximum Gasteiger partial charge on any atom is 0.273 e. The van der Waals surface area contributed by atoms with Gasteiger partial charge in [-0.2, -0.15) is 0 Å². The molecule has 1 aromatic carbocycles. The second-order valence-electron chi connectivity index (χ2n) is 5.47. The zero-order valence-electron chi connectivity index (χ0n) is 12.5. The molecule has 3 heterocycles. The Bertz CT molecular complexity index is 1000. The number of benzene rings is 1. The van der Waals surface area contributed by atoms with Gasteiger partial charge in [0, 0.05) is 18.9 Å². The fraction of sp³-hybridized carbons (Fsp3) is 0.118. The van der Waals surface area contributed by atoms with Crippen molar-refractivity contribution in [2.75, 3.05) is 10.8 Å². The summed E-state index contributed by atoms with van der Waals surface area (Å²) in [6.45, 7) is 0.479. The lowest BCUT2D eigenvalue weighted by Gasteiger charge is -2.18. The Morgan fingerprint density at radius 3 is 2.54 bits per heavy atom. The summed E-state index contributed by atoms with van der Waals surface area (Å²) >= 11 is 4.57. The summed E-state index contributed by atoms with van der Waals surface area (Å²) in [6.07, 6.45) is 4.24. The lowest BCUT2D eigenvalue weighted by molar-refractivity contribution is 0.594. The average Bonchev–Trinajstić information content (AvgIpc) is 3.22. The molecule has 0 bridgehead atoms. The van der Waals surface area contributed by atoms with E-state index in [0.29, 0.717) is 10.8 Å². The summed E-state index contributed by atoms with van der Waals surface area (Å²) in [7, 11) is -3.50. The van der Waals surface area contributed by atoms with Crippen LogP contribution in [0.4, 0.5) is 5.69 Å². The Hall–Kier alpha value is -1.70. The highest BCUT2D eigenvalue weighted by Gasteiger charge is 2.32. The highest BCUT2D eigenvalue weighted by Crippen LogP contribution is 2.37. The van der Waals surface area contributed by atoms with Gasteiger partial charge in [0.25, 0.3) is 10.0 Å². The first-order valence-electron chi connectivity index (χ1n) is 7.37. The molecule has 0 saturated heterocycles. The third-order valence-corrected chi connectivity index (χ3v) is 7.94. The number of fused-ring (bicyclic) bond motifs is 1. The molecule has 24 heavy (non-hydrogen) atoms. The van der Waals surface area contributed by atoms with Crippen molar-refractivity contribution < 1.29 is 8.42 Å². The average molecular weight is 421 g/mol. The normalized spacial score (nSPS) is 14.0. The molecule has 0 radical (unpaired) electrons. The lowest BCUT2D eigenvalue weighted by atomic mass is 10.0. The fourth-order valence-corrected chi connectivity index (χ4v) is 6.52. The first-order chi connectivity index (χ1) is 11.6. The minimum Gasteiger partial charge on any atom is -0.265 e. The number of nitrogens with zero attached hydrogens (tertiary/aromatic N) is 2. The van der Waals surface area contributed by atoms with Gasteiger partial charge in [-0.05, 0) is 75.4 Å². The SMILES string of the molecule is O=S(=O)(c1ccc(Br)s1)N1CCc2cc(-c3ccncc3)ccc21. The number of anilines is 1. The summed E-state index contributed by atoms with van der Waals surface area (Å²) in [4.78, 5) is 4.03. The molecule has 0 unspecified atom stereocenters. The quantitative estimate of drug-likeness (QED) is 0.633. The minimum absolute atomic E-state index is 0.362. The van der Waals surface area contributed by atoms with Crippen molar-refractivity contribution in [2.24, 2.45) is 0 Å². The maximum atomic E-state index is 12.9. The Morgan fingerprint density at radius 2 is 1.83 bits per heavy atom. The predicted molar refractivity (Wildman–Crippen MR) is 99.9 cm³/mol. The number of aromatic nitrogens is 1. The molecular weight excluding hydrogens is 408 g/mol. The molecule has 0 aliphatic carbocycles. The van der Waals surface area contributed by atoms with Crippen molar-refractivity contribution >= 4 is 43.0 Å². The largest absolute Gasteiger partial charge is 0.273 e. The topological polar surface area (TPSA) is 50.3 Å². The lowest BCUT2D eigenvalue weighted by Crippen LogP contribution is -2.28. The van der Waals surface area contributed by atoms with Crippen molar-refractivity contribution in [2.45, 2.75) is 10.6 Å². The molecule has 1 aliphatic rings. The van der Waals surface area contributed by atoms with Crippen LogP contribution in [0.5, 0.6) is 0 Å². The second kappa shape index (κ2) is 5.98. The van der Waals surface area contributed by atoms with E-state index in [1.165, 1.54) is 15.6 Å². The number of halogens is 1. The molecular formula is C17H13BrN2O2S2. The van der Waals surface area contributed by atoms with Crippen molar-refractivity contribution in [3.8, 4) is 11.1 Å². The third kappa shape index (κ3) is 2.66. The van der Waals surface area contributed by atoms with E-state index in [1.54, 1.807) is 24.5 Å². The van der Waals surface area contributed by atoms with Crippen LogP contribution in [0, 0.1) is 0 Å². The molecule has 0 fully saturated rings. The summed E-state index contributed by atoms with van der Waals surface area (Å²) in [5.74, 6) is 0. The number of pyridine rings is 1. The molecule has 0 amide bonds. The van der Waals surface area contributed by atoms with Crippen LogP contribution < -0.4 is 4.31 Å². The summed E-state index contributed by atoms with van der Waals surface area (Å²) in [6, 6.07) is 13.3. The van der Waals surface area contributed by atoms with Crippen molar-refractivity contribution in [1.29, 1.82) is 0 Å². The summed E-state index contributed by atoms with van der Waals surface area (Å²) in [5.41, 5.74) is 3.99. The van der Waals surface area contributed by atoms with Crippen molar-refractivity contribution in [1.82, 2.24) is 4.98 Å². The zero-order valence-corrected chi connectivity index (χ0v) is 15.7. The Kier molecular flexibility index (Phi) is 3.94. The molecule has 0 atom stereocenters. The van der Waals surface area contributed by atoms with Crippen molar-refractivity contribution in [3.05, 3.63) is 64.2 Å². The molecule has 122 valence electrons. The maximum absolute atomic E-state index is 12.9. The van der Waals surface area contributed by atoms with Crippen LogP contribution in [0.25, 0.3) is 11.1 Å². The van der Waals surface area contributed by atoms with Crippen LogP contribution >= 0.6 is 27.3 Å². The first-order valence-corrected chi connectivity index (χ1v) is 10.4. The van der Waals surface area contributed by atoms with E-state index < -0.39 is 10.0 Å². The molecule has 4 rings (SSSR count). The second-order valence-corrected chi connectivity index (χ2v) is 10.0. The highest BCUT2D eigenvalue weighted by molar-refractivity contribution is 9.11. The third-order valence-electron chi connectivity index (χ3n) is 4.04. The molecule has 1 aliphatic heterocycles. The Balaban J connectivity index is 1.73. The van der Waals surface area contributed by atoms with Gasteiger partial charge in [0.15, 0.2) is 0 Å². The minimum atomic E-state index is -3.50. The van der Waals surface area contributed by atoms with E-state index in [2.05, 4.69) is 27.0 Å². The van der Waals surface area contributed by atoms with Gasteiger partial charge in [-0.1, -0.05) is 6.07 Å². The van der Waals surface area contributed by atoms with Crippen LogP contribution in [0.15, 0.2) is 62.9 Å². The van der Waals surface area contributed by atoms with Crippen LogP contribution in [0.2, 0.25) is 0 Å². The summed E-state index contributed by atoms with van der Waals surface area (Å²) < 4.78 is 28.4. The molecule has 0 saturated carbocycles. The molecule has 2 aromatic heterocycles. The molecule has 0 N–H and O–H groups in total. The van der Waals surface area contributed by atoms with Crippen molar-refractivity contribution in [3.63, 3.8) is 0 Å². The van der Waals surface area contributed by atoms with Gasteiger partial charge >= 0.3 is 0 Å². The number of thiophene rings is 1. The number of hydrogen-bond donors (Lipinski definition) is 0. The standard InChI is InChI=1S/C17H13BrN2O2S2/c18-16-3-4-17(23-16)24(21,22)20-10-7-14-11-13(1-2-15(14)20)12-5-8-19-9-6-12/h1-6,8-9,11H,7,10H2. The number of rotatable bonds is 3. The monoisotopic (exact) mass is 420 g/mol. The highest BCUT2D eigenvalue weighted by atomic mass is 79.9. The van der Waals surface area contributed by atoms with E-state index in [1.807, 2.05) is 24.3 Å². The van der Waals surface area contributed by atoms with E-state index in [4.69, 9.17) is 0 Å². The van der Waals surface area contributed by atoms with Crippen LogP contribution in [0.1, 0.15) is 5.56 Å². The Morgan fingerprint density at radius 1 is 1.04 bits per heavy atom. The number of sulfonamides is 1. The van der Waals surface area contributed by atoms with Gasteiger partial charge in [0.05, 0.1) is 9.47 Å². The van der Waals surface area contributed by atoms with Crippen LogP contribution in [-0.4, -0.2) is 19.9 Å². The predicted octanol–water partition coefficient (Wildman–Crippen LogP) is 4.32. The van der Waals surface area contributed by atoms with Gasteiger partial charge in [0.2, 0.25) is 0 Å². The van der Waals surface area contributed by atoms with E-state index in [9.17, 15) is 8.42 Å². The fourth-order valence-electron chi connectivity index (χ4n) is 2.89. The molecule has 4 nitrogen and oxygen atoms in total. The van der Waals surface area contributed by atoms with Gasteiger partial charge in [-0.3, -0.25) is 9.29 Å². The van der Waals surface area contributed by atoms with E-state index in [0.717, 1.165) is 32.6 Å².